The lowest BCUT2D eigenvalue weighted by molar-refractivity contribution is -0.119. The molecule has 0 aliphatic carbocycles. The van der Waals surface area contributed by atoms with Crippen molar-refractivity contribution in [1.82, 2.24) is 19.8 Å². The van der Waals surface area contributed by atoms with Crippen LogP contribution in [0.2, 0.25) is 0 Å². The van der Waals surface area contributed by atoms with Crippen molar-refractivity contribution in [2.24, 2.45) is 11.1 Å². The van der Waals surface area contributed by atoms with E-state index in [-0.39, 0.29) is 5.91 Å². The number of amides is 1. The first kappa shape index (κ1) is 26.6. The number of carbonyl (C=O) groups is 1. The highest BCUT2D eigenvalue weighted by molar-refractivity contribution is 5.76. The monoisotopic (exact) mass is 492 g/mol. The van der Waals surface area contributed by atoms with E-state index in [1.165, 1.54) is 35.1 Å². The van der Waals surface area contributed by atoms with Gasteiger partial charge in [0.05, 0.1) is 6.54 Å². The Hall–Kier alpha value is -2.51. The highest BCUT2D eigenvalue weighted by Crippen LogP contribution is 2.34. The number of nitrogens with two attached hydrogens (primary N) is 1. The van der Waals surface area contributed by atoms with Crippen molar-refractivity contribution in [2.45, 2.75) is 66.8 Å². The van der Waals surface area contributed by atoms with Crippen molar-refractivity contribution in [3.63, 3.8) is 0 Å². The van der Waals surface area contributed by atoms with Gasteiger partial charge in [-0.3, -0.25) is 14.6 Å². The normalized spacial score (nSPS) is 19.0. The van der Waals surface area contributed by atoms with E-state index < -0.39 is 0 Å². The fourth-order valence-corrected chi connectivity index (χ4v) is 5.91. The molecule has 2 fully saturated rings. The van der Waals surface area contributed by atoms with Gasteiger partial charge in [-0.15, -0.1) is 0 Å². The number of primary amides is 1. The second-order valence-electron chi connectivity index (χ2n) is 11.3. The summed E-state index contributed by atoms with van der Waals surface area (Å²) in [5, 5.41) is 0. The molecule has 2 aliphatic rings. The van der Waals surface area contributed by atoms with Gasteiger partial charge in [0, 0.05) is 56.1 Å². The fraction of sp³-hybridized carbons (Fsp3) is 0.621. The molecule has 4 rings (SSSR count). The number of hydrogen-bond donors (Lipinski definition) is 1. The minimum Gasteiger partial charge on any atom is -0.369 e. The number of likely N-dealkylation sites (tertiary alicyclic amines) is 1. The molecular weight excluding hydrogens is 448 g/mol. The number of piperazine rings is 1. The molecule has 0 saturated carbocycles. The van der Waals surface area contributed by atoms with E-state index in [9.17, 15) is 4.79 Å². The Morgan fingerprint density at radius 3 is 2.25 bits per heavy atom. The number of aryl methyl sites for hydroxylation is 3. The largest absolute Gasteiger partial charge is 0.369 e. The van der Waals surface area contributed by atoms with E-state index in [0.29, 0.717) is 12.0 Å². The number of aromatic nitrogens is 2. The summed E-state index contributed by atoms with van der Waals surface area (Å²) in [6.07, 6.45) is 4.42. The zero-order valence-corrected chi connectivity index (χ0v) is 22.9. The van der Waals surface area contributed by atoms with Crippen LogP contribution in [0.1, 0.15) is 62.9 Å². The molecule has 7 nitrogen and oxygen atoms in total. The van der Waals surface area contributed by atoms with Crippen LogP contribution < -0.4 is 10.6 Å². The molecule has 2 N–H and O–H groups in total. The van der Waals surface area contributed by atoms with Gasteiger partial charge in [-0.2, -0.15) is 0 Å². The van der Waals surface area contributed by atoms with Crippen LogP contribution in [-0.4, -0.2) is 71.5 Å². The Labute approximate surface area is 217 Å². The van der Waals surface area contributed by atoms with Crippen LogP contribution in [0.3, 0.4) is 0 Å². The number of benzene rings is 1. The van der Waals surface area contributed by atoms with Crippen molar-refractivity contribution >= 4 is 11.7 Å². The Bertz CT molecular complexity index is 1050. The molecule has 1 aromatic heterocycles. The Morgan fingerprint density at radius 2 is 1.67 bits per heavy atom. The third kappa shape index (κ3) is 6.06. The summed E-state index contributed by atoms with van der Waals surface area (Å²) < 4.78 is 0. The summed E-state index contributed by atoms with van der Waals surface area (Å²) in [5.74, 6) is 1.65. The summed E-state index contributed by atoms with van der Waals surface area (Å²) >= 11 is 0. The Morgan fingerprint density at radius 1 is 1.00 bits per heavy atom. The second-order valence-corrected chi connectivity index (χ2v) is 11.3. The van der Waals surface area contributed by atoms with Gasteiger partial charge in [0.25, 0.3) is 0 Å². The predicted octanol–water partition coefficient (Wildman–Crippen LogP) is 3.81. The average Bonchev–Trinajstić information content (AvgIpc) is 2.84. The molecule has 0 bridgehead atoms. The van der Waals surface area contributed by atoms with Crippen molar-refractivity contribution in [1.29, 1.82) is 0 Å². The minimum absolute atomic E-state index is 0.264. The van der Waals surface area contributed by atoms with E-state index >= 15 is 0 Å². The number of carbonyl (C=O) groups excluding carboxylic acids is 1. The zero-order valence-electron chi connectivity index (χ0n) is 22.9. The quantitative estimate of drug-likeness (QED) is 0.604. The van der Waals surface area contributed by atoms with Crippen LogP contribution in [0, 0.1) is 12.3 Å². The molecule has 2 aromatic rings. The van der Waals surface area contributed by atoms with E-state index in [4.69, 9.17) is 15.7 Å². The van der Waals surface area contributed by atoms with Gasteiger partial charge < -0.3 is 10.6 Å². The Balaban J connectivity index is 1.73. The average molecular weight is 493 g/mol. The standard InChI is InChI=1S/C29H44N6O/c1-6-22-10-8-11-23(7-2)26(22)27-31-21(3)24(18-34-13-9-12-29(4,5)20-34)28(32-27)35-16-14-33(15-17-35)19-25(30)36/h8,10-11H,6-7,9,12-20H2,1-5H3,(H2,30,36). The van der Waals surface area contributed by atoms with Gasteiger partial charge in [-0.25, -0.2) is 9.97 Å². The van der Waals surface area contributed by atoms with Crippen LogP contribution >= 0.6 is 0 Å². The van der Waals surface area contributed by atoms with Crippen molar-refractivity contribution in [2.75, 3.05) is 50.7 Å². The molecule has 0 spiro atoms. The summed E-state index contributed by atoms with van der Waals surface area (Å²) in [7, 11) is 0. The van der Waals surface area contributed by atoms with E-state index in [1.807, 2.05) is 0 Å². The molecule has 0 unspecified atom stereocenters. The van der Waals surface area contributed by atoms with Crippen LogP contribution in [0.4, 0.5) is 5.82 Å². The topological polar surface area (TPSA) is 78.6 Å². The summed E-state index contributed by atoms with van der Waals surface area (Å²) in [6.45, 7) is 18.0. The summed E-state index contributed by atoms with van der Waals surface area (Å²) in [5.41, 5.74) is 11.9. The molecule has 0 radical (unpaired) electrons. The summed E-state index contributed by atoms with van der Waals surface area (Å²) in [4.78, 5) is 29.0. The maximum absolute atomic E-state index is 11.5. The maximum atomic E-state index is 11.5. The third-order valence-corrected chi connectivity index (χ3v) is 7.83. The van der Waals surface area contributed by atoms with Gasteiger partial charge >= 0.3 is 0 Å². The van der Waals surface area contributed by atoms with Gasteiger partial charge in [0.1, 0.15) is 5.82 Å². The number of hydrogen-bond acceptors (Lipinski definition) is 6. The fourth-order valence-electron chi connectivity index (χ4n) is 5.91. The van der Waals surface area contributed by atoms with Crippen LogP contribution in [0.5, 0.6) is 0 Å². The molecule has 1 amide bonds. The van der Waals surface area contributed by atoms with Crippen molar-refractivity contribution < 1.29 is 4.79 Å². The van der Waals surface area contributed by atoms with E-state index in [0.717, 1.165) is 76.0 Å². The highest BCUT2D eigenvalue weighted by atomic mass is 16.1. The molecule has 196 valence electrons. The molecular formula is C29H44N6O. The number of nitrogens with zero attached hydrogens (tertiary/aromatic N) is 5. The predicted molar refractivity (Wildman–Crippen MR) is 147 cm³/mol. The highest BCUT2D eigenvalue weighted by Gasteiger charge is 2.29. The molecule has 36 heavy (non-hydrogen) atoms. The molecule has 2 saturated heterocycles. The van der Waals surface area contributed by atoms with Gasteiger partial charge in [-0.05, 0) is 55.7 Å². The number of piperidine rings is 1. The van der Waals surface area contributed by atoms with Crippen molar-refractivity contribution in [3.05, 3.63) is 40.6 Å². The van der Waals surface area contributed by atoms with E-state index in [2.05, 4.69) is 67.5 Å². The number of anilines is 1. The van der Waals surface area contributed by atoms with Crippen LogP contribution in [0.15, 0.2) is 18.2 Å². The molecule has 1 aromatic carbocycles. The molecule has 0 atom stereocenters. The van der Waals surface area contributed by atoms with Crippen molar-refractivity contribution in [3.8, 4) is 11.4 Å². The van der Waals surface area contributed by atoms with Gasteiger partial charge in [0.2, 0.25) is 5.91 Å². The zero-order chi connectivity index (χ0) is 25.9. The lowest BCUT2D eigenvalue weighted by Crippen LogP contribution is -2.49. The van der Waals surface area contributed by atoms with E-state index in [1.54, 1.807) is 0 Å². The van der Waals surface area contributed by atoms with Gasteiger partial charge in [0.15, 0.2) is 5.82 Å². The molecule has 3 heterocycles. The van der Waals surface area contributed by atoms with Crippen LogP contribution in [-0.2, 0) is 24.2 Å². The first-order valence-electron chi connectivity index (χ1n) is 13.7. The molecule has 2 aliphatic heterocycles. The maximum Gasteiger partial charge on any atom is 0.231 e. The van der Waals surface area contributed by atoms with Gasteiger partial charge in [-0.1, -0.05) is 45.9 Å². The Kier molecular flexibility index (Phi) is 8.30. The minimum atomic E-state index is -0.264. The first-order valence-corrected chi connectivity index (χ1v) is 13.7. The first-order chi connectivity index (χ1) is 17.2. The second kappa shape index (κ2) is 11.3. The summed E-state index contributed by atoms with van der Waals surface area (Å²) in [6, 6.07) is 6.57. The smallest absolute Gasteiger partial charge is 0.231 e. The lowest BCUT2D eigenvalue weighted by Gasteiger charge is -2.40. The number of rotatable bonds is 8. The molecule has 7 heteroatoms. The SMILES string of the molecule is CCc1cccc(CC)c1-c1nc(C)c(CN2CCCC(C)(C)C2)c(N2CCN(CC(N)=O)CC2)n1. The third-order valence-electron chi connectivity index (χ3n) is 7.83. The lowest BCUT2D eigenvalue weighted by atomic mass is 9.84. The van der Waals surface area contributed by atoms with Crippen LogP contribution in [0.25, 0.3) is 11.4 Å².